The van der Waals surface area contributed by atoms with Crippen molar-refractivity contribution < 1.29 is 14.3 Å². The predicted molar refractivity (Wildman–Crippen MR) is 97.9 cm³/mol. The number of cyclic esters (lactones) is 1. The van der Waals surface area contributed by atoms with E-state index in [-0.39, 0.29) is 12.0 Å². The SMILES string of the molecule is CCc1ccc(CCC(=O)Nc2ccc(N3CCOC3=O)cc2)cc1. The van der Waals surface area contributed by atoms with E-state index in [1.807, 2.05) is 12.1 Å². The number of aryl methyl sites for hydroxylation is 2. The van der Waals surface area contributed by atoms with E-state index in [9.17, 15) is 9.59 Å². The molecule has 25 heavy (non-hydrogen) atoms. The van der Waals surface area contributed by atoms with E-state index in [0.717, 1.165) is 23.4 Å². The van der Waals surface area contributed by atoms with Crippen LogP contribution in [0, 0.1) is 0 Å². The molecule has 1 N–H and O–H groups in total. The summed E-state index contributed by atoms with van der Waals surface area (Å²) in [5, 5.41) is 2.89. The average molecular weight is 338 g/mol. The lowest BCUT2D eigenvalue weighted by Gasteiger charge is -2.13. The second-order valence-electron chi connectivity index (χ2n) is 6.03. The molecule has 3 rings (SSSR count). The predicted octanol–water partition coefficient (Wildman–Crippen LogP) is 3.78. The van der Waals surface area contributed by atoms with Gasteiger partial charge in [-0.05, 0) is 48.2 Å². The van der Waals surface area contributed by atoms with Crippen LogP contribution in [0.25, 0.3) is 0 Å². The third kappa shape index (κ3) is 4.38. The highest BCUT2D eigenvalue weighted by Gasteiger charge is 2.23. The summed E-state index contributed by atoms with van der Waals surface area (Å²) in [6, 6.07) is 15.6. The number of nitrogens with zero attached hydrogens (tertiary/aromatic N) is 1. The van der Waals surface area contributed by atoms with Gasteiger partial charge in [0, 0.05) is 17.8 Å². The van der Waals surface area contributed by atoms with Crippen molar-refractivity contribution in [1.29, 1.82) is 0 Å². The number of carbonyl (C=O) groups is 2. The Labute approximate surface area is 147 Å². The van der Waals surface area contributed by atoms with Crippen LogP contribution in [0.5, 0.6) is 0 Å². The molecule has 0 saturated carbocycles. The third-order valence-corrected chi connectivity index (χ3v) is 4.30. The summed E-state index contributed by atoms with van der Waals surface area (Å²) >= 11 is 0. The fourth-order valence-corrected chi connectivity index (χ4v) is 2.78. The summed E-state index contributed by atoms with van der Waals surface area (Å²) in [4.78, 5) is 25.2. The number of nitrogens with one attached hydrogen (secondary N) is 1. The van der Waals surface area contributed by atoms with Gasteiger partial charge in [0.05, 0.1) is 6.54 Å². The van der Waals surface area contributed by atoms with E-state index < -0.39 is 0 Å². The molecule has 2 aromatic rings. The van der Waals surface area contributed by atoms with Crippen molar-refractivity contribution in [3.8, 4) is 0 Å². The van der Waals surface area contributed by atoms with Crippen LogP contribution in [0.2, 0.25) is 0 Å². The van der Waals surface area contributed by atoms with Gasteiger partial charge < -0.3 is 10.1 Å². The molecule has 5 heteroatoms. The van der Waals surface area contributed by atoms with Crippen molar-refractivity contribution in [3.63, 3.8) is 0 Å². The van der Waals surface area contributed by atoms with Crippen molar-refractivity contribution in [3.05, 3.63) is 59.7 Å². The zero-order valence-corrected chi connectivity index (χ0v) is 14.3. The van der Waals surface area contributed by atoms with Crippen LogP contribution in [0.15, 0.2) is 48.5 Å². The van der Waals surface area contributed by atoms with Crippen LogP contribution >= 0.6 is 0 Å². The number of benzene rings is 2. The quantitative estimate of drug-likeness (QED) is 0.872. The van der Waals surface area contributed by atoms with Crippen LogP contribution < -0.4 is 10.2 Å². The summed E-state index contributed by atoms with van der Waals surface area (Å²) in [6.07, 6.45) is 1.84. The smallest absolute Gasteiger partial charge is 0.414 e. The first-order valence-corrected chi connectivity index (χ1v) is 8.57. The lowest BCUT2D eigenvalue weighted by atomic mass is 10.1. The van der Waals surface area contributed by atoms with Crippen LogP contribution in [0.4, 0.5) is 16.2 Å². The molecule has 1 aliphatic heterocycles. The Bertz CT molecular complexity index is 739. The van der Waals surface area contributed by atoms with Crippen LogP contribution in [0.3, 0.4) is 0 Å². The second kappa shape index (κ2) is 7.83. The van der Waals surface area contributed by atoms with E-state index in [4.69, 9.17) is 4.74 Å². The zero-order chi connectivity index (χ0) is 17.6. The molecular formula is C20H22N2O3. The monoisotopic (exact) mass is 338 g/mol. The van der Waals surface area contributed by atoms with Gasteiger partial charge in [0.1, 0.15) is 6.61 Å². The maximum Gasteiger partial charge on any atom is 0.414 e. The van der Waals surface area contributed by atoms with E-state index in [1.54, 1.807) is 17.0 Å². The van der Waals surface area contributed by atoms with Gasteiger partial charge in [-0.3, -0.25) is 9.69 Å². The fraction of sp³-hybridized carbons (Fsp3) is 0.300. The van der Waals surface area contributed by atoms with Gasteiger partial charge in [0.25, 0.3) is 0 Å². The van der Waals surface area contributed by atoms with E-state index >= 15 is 0 Å². The zero-order valence-electron chi connectivity index (χ0n) is 14.3. The maximum atomic E-state index is 12.1. The van der Waals surface area contributed by atoms with Gasteiger partial charge in [-0.1, -0.05) is 31.2 Å². The van der Waals surface area contributed by atoms with E-state index in [1.165, 1.54) is 5.56 Å². The van der Waals surface area contributed by atoms with E-state index in [0.29, 0.717) is 26.0 Å². The molecule has 0 unspecified atom stereocenters. The van der Waals surface area contributed by atoms with Crippen molar-refractivity contribution in [2.45, 2.75) is 26.2 Å². The first-order chi connectivity index (χ1) is 12.2. The first kappa shape index (κ1) is 17.0. The van der Waals surface area contributed by atoms with Gasteiger partial charge in [-0.2, -0.15) is 0 Å². The van der Waals surface area contributed by atoms with Crippen molar-refractivity contribution in [2.75, 3.05) is 23.4 Å². The van der Waals surface area contributed by atoms with Crippen molar-refractivity contribution in [1.82, 2.24) is 0 Å². The molecule has 2 amide bonds. The van der Waals surface area contributed by atoms with Gasteiger partial charge in [0.15, 0.2) is 0 Å². The molecule has 2 aromatic carbocycles. The summed E-state index contributed by atoms with van der Waals surface area (Å²) in [5.41, 5.74) is 3.96. The molecule has 1 fully saturated rings. The molecule has 0 radical (unpaired) electrons. The highest BCUT2D eigenvalue weighted by molar-refractivity contribution is 5.92. The number of anilines is 2. The highest BCUT2D eigenvalue weighted by atomic mass is 16.6. The Morgan fingerprint density at radius 3 is 2.36 bits per heavy atom. The Morgan fingerprint density at radius 2 is 1.76 bits per heavy atom. The Hall–Kier alpha value is -2.82. The minimum atomic E-state index is -0.328. The van der Waals surface area contributed by atoms with Gasteiger partial charge in [-0.25, -0.2) is 4.79 Å². The topological polar surface area (TPSA) is 58.6 Å². The molecule has 1 saturated heterocycles. The lowest BCUT2D eigenvalue weighted by Crippen LogP contribution is -2.23. The number of ether oxygens (including phenoxy) is 1. The minimum absolute atomic E-state index is 0.0205. The maximum absolute atomic E-state index is 12.1. The number of carbonyl (C=O) groups excluding carboxylic acids is 2. The summed E-state index contributed by atoms with van der Waals surface area (Å²) in [7, 11) is 0. The van der Waals surface area contributed by atoms with Gasteiger partial charge in [0.2, 0.25) is 5.91 Å². The largest absolute Gasteiger partial charge is 0.447 e. The lowest BCUT2D eigenvalue weighted by molar-refractivity contribution is -0.116. The normalized spacial score (nSPS) is 13.6. The van der Waals surface area contributed by atoms with Crippen LogP contribution in [0.1, 0.15) is 24.5 Å². The summed E-state index contributed by atoms with van der Waals surface area (Å²) < 4.78 is 4.92. The Morgan fingerprint density at radius 1 is 1.08 bits per heavy atom. The molecule has 0 aliphatic carbocycles. The number of rotatable bonds is 6. The minimum Gasteiger partial charge on any atom is -0.447 e. The average Bonchev–Trinajstić information content (AvgIpc) is 3.07. The molecule has 0 atom stereocenters. The van der Waals surface area contributed by atoms with Crippen LogP contribution in [-0.4, -0.2) is 25.2 Å². The number of amides is 2. The molecule has 0 spiro atoms. The fourth-order valence-electron chi connectivity index (χ4n) is 2.78. The highest BCUT2D eigenvalue weighted by Crippen LogP contribution is 2.21. The molecule has 1 aliphatic rings. The molecule has 5 nitrogen and oxygen atoms in total. The Balaban J connectivity index is 1.51. The summed E-state index contributed by atoms with van der Waals surface area (Å²) in [5.74, 6) is -0.0205. The van der Waals surface area contributed by atoms with Crippen molar-refractivity contribution >= 4 is 23.4 Å². The number of hydrogen-bond donors (Lipinski definition) is 1. The van der Waals surface area contributed by atoms with E-state index in [2.05, 4.69) is 36.5 Å². The molecule has 130 valence electrons. The van der Waals surface area contributed by atoms with Gasteiger partial charge in [-0.15, -0.1) is 0 Å². The third-order valence-electron chi connectivity index (χ3n) is 4.30. The molecule has 0 aromatic heterocycles. The van der Waals surface area contributed by atoms with Crippen LogP contribution in [-0.2, 0) is 22.4 Å². The Kier molecular flexibility index (Phi) is 5.33. The first-order valence-electron chi connectivity index (χ1n) is 8.57. The molecule has 1 heterocycles. The standard InChI is InChI=1S/C20H22N2O3/c1-2-15-3-5-16(6-4-15)7-12-19(23)21-17-8-10-18(11-9-17)22-13-14-25-20(22)24/h3-6,8-11H,2,7,12-14H2,1H3,(H,21,23). The molecular weight excluding hydrogens is 316 g/mol. The molecule has 0 bridgehead atoms. The van der Waals surface area contributed by atoms with Crippen molar-refractivity contribution in [2.24, 2.45) is 0 Å². The summed E-state index contributed by atoms with van der Waals surface area (Å²) in [6.45, 7) is 3.10. The number of hydrogen-bond acceptors (Lipinski definition) is 3. The van der Waals surface area contributed by atoms with Gasteiger partial charge >= 0.3 is 6.09 Å². The second-order valence-corrected chi connectivity index (χ2v) is 6.03.